The molecule has 0 radical (unpaired) electrons. The zero-order valence-electron chi connectivity index (χ0n) is 11.3. The molecule has 0 aliphatic carbocycles. The predicted molar refractivity (Wildman–Crippen MR) is 88.3 cm³/mol. The Morgan fingerprint density at radius 3 is 2.19 bits per heavy atom. The third-order valence-electron chi connectivity index (χ3n) is 4.00. The first-order valence-corrected chi connectivity index (χ1v) is 6.89. The predicted octanol–water partition coefficient (Wildman–Crippen LogP) is 4.95. The van der Waals surface area contributed by atoms with E-state index in [-0.39, 0.29) is 0 Å². The lowest BCUT2D eigenvalue weighted by Gasteiger charge is -2.10. The topological polar surface area (TPSA) is 32.6 Å². The number of hydrogen-bond acceptors (Lipinski definition) is 2. The van der Waals surface area contributed by atoms with Crippen molar-refractivity contribution in [3.63, 3.8) is 0 Å². The molecule has 100 valence electrons. The van der Waals surface area contributed by atoms with E-state index in [2.05, 4.69) is 53.7 Å². The Morgan fingerprint density at radius 1 is 0.667 bits per heavy atom. The molecule has 0 aliphatic rings. The van der Waals surface area contributed by atoms with Gasteiger partial charge in [-0.25, -0.2) is 0 Å². The highest BCUT2D eigenvalue weighted by molar-refractivity contribution is 6.19. The third kappa shape index (κ3) is 1.77. The Bertz CT molecular complexity index is 1000. The summed E-state index contributed by atoms with van der Waals surface area (Å²) in [6.45, 7) is 0. The molecule has 4 aromatic carbocycles. The number of hydrogen-bond donors (Lipinski definition) is 1. The molecule has 0 saturated heterocycles. The second-order valence-corrected chi connectivity index (χ2v) is 5.14. The standard InChI is InChI=1S/C19H13NO/c21-20-12-19-16-8-4-2-6-14(16)11-18-15-7-3-1-5-13(15)9-10-17(18)19/h1-12,21H. The highest BCUT2D eigenvalue weighted by Gasteiger charge is 2.08. The molecule has 0 aromatic heterocycles. The van der Waals surface area contributed by atoms with Crippen LogP contribution in [0, 0.1) is 0 Å². The van der Waals surface area contributed by atoms with Crippen LogP contribution >= 0.6 is 0 Å². The summed E-state index contributed by atoms with van der Waals surface area (Å²) in [6.07, 6.45) is 1.53. The fourth-order valence-electron chi connectivity index (χ4n) is 3.05. The van der Waals surface area contributed by atoms with Crippen LogP contribution < -0.4 is 0 Å². The molecule has 0 spiro atoms. The van der Waals surface area contributed by atoms with Crippen LogP contribution in [0.25, 0.3) is 32.3 Å². The van der Waals surface area contributed by atoms with Gasteiger partial charge in [-0.2, -0.15) is 0 Å². The van der Waals surface area contributed by atoms with Crippen LogP contribution in [-0.2, 0) is 0 Å². The van der Waals surface area contributed by atoms with E-state index in [1.165, 1.54) is 22.4 Å². The van der Waals surface area contributed by atoms with E-state index in [1.807, 2.05) is 18.2 Å². The quantitative estimate of drug-likeness (QED) is 0.171. The summed E-state index contributed by atoms with van der Waals surface area (Å²) in [4.78, 5) is 0. The molecule has 0 aliphatic heterocycles. The fourth-order valence-corrected chi connectivity index (χ4v) is 3.05. The van der Waals surface area contributed by atoms with Gasteiger partial charge in [0.25, 0.3) is 0 Å². The van der Waals surface area contributed by atoms with Crippen LogP contribution in [0.2, 0.25) is 0 Å². The number of oxime groups is 1. The largest absolute Gasteiger partial charge is 0.411 e. The van der Waals surface area contributed by atoms with Gasteiger partial charge in [-0.1, -0.05) is 65.8 Å². The smallest absolute Gasteiger partial charge is 0.0746 e. The molecule has 2 heteroatoms. The van der Waals surface area contributed by atoms with Crippen molar-refractivity contribution in [2.45, 2.75) is 0 Å². The summed E-state index contributed by atoms with van der Waals surface area (Å²) in [6, 6.07) is 22.9. The lowest BCUT2D eigenvalue weighted by molar-refractivity contribution is 0.322. The molecule has 0 saturated carbocycles. The Balaban J connectivity index is 2.30. The second-order valence-electron chi connectivity index (χ2n) is 5.14. The minimum atomic E-state index is 0.955. The van der Waals surface area contributed by atoms with Crippen molar-refractivity contribution in [3.05, 3.63) is 72.3 Å². The molecular weight excluding hydrogens is 258 g/mol. The molecule has 0 atom stereocenters. The number of nitrogens with zero attached hydrogens (tertiary/aromatic N) is 1. The molecular formula is C19H13NO. The van der Waals surface area contributed by atoms with Gasteiger partial charge in [0.1, 0.15) is 0 Å². The van der Waals surface area contributed by atoms with Crippen molar-refractivity contribution in [2.75, 3.05) is 0 Å². The van der Waals surface area contributed by atoms with E-state index in [0.717, 1.165) is 21.7 Å². The van der Waals surface area contributed by atoms with Crippen LogP contribution in [0.15, 0.2) is 71.9 Å². The Hall–Kier alpha value is -2.87. The number of rotatable bonds is 1. The van der Waals surface area contributed by atoms with E-state index in [9.17, 15) is 0 Å². The highest BCUT2D eigenvalue weighted by atomic mass is 16.4. The van der Waals surface area contributed by atoms with Crippen LogP contribution in [0.5, 0.6) is 0 Å². The van der Waals surface area contributed by atoms with Gasteiger partial charge in [-0.15, -0.1) is 0 Å². The molecule has 2 nitrogen and oxygen atoms in total. The van der Waals surface area contributed by atoms with Crippen molar-refractivity contribution in [2.24, 2.45) is 5.16 Å². The molecule has 1 N–H and O–H groups in total. The minimum Gasteiger partial charge on any atom is -0.411 e. The van der Waals surface area contributed by atoms with Crippen LogP contribution in [0.3, 0.4) is 0 Å². The summed E-state index contributed by atoms with van der Waals surface area (Å²) in [7, 11) is 0. The van der Waals surface area contributed by atoms with Crippen molar-refractivity contribution in [1.82, 2.24) is 0 Å². The lowest BCUT2D eigenvalue weighted by Crippen LogP contribution is -1.89. The summed E-state index contributed by atoms with van der Waals surface area (Å²) < 4.78 is 0. The monoisotopic (exact) mass is 271 g/mol. The van der Waals surface area contributed by atoms with Gasteiger partial charge < -0.3 is 5.21 Å². The van der Waals surface area contributed by atoms with Gasteiger partial charge in [0.05, 0.1) is 6.21 Å². The molecule has 0 bridgehead atoms. The van der Waals surface area contributed by atoms with Crippen molar-refractivity contribution in [1.29, 1.82) is 0 Å². The van der Waals surface area contributed by atoms with Gasteiger partial charge in [-0.3, -0.25) is 0 Å². The zero-order chi connectivity index (χ0) is 14.2. The normalized spacial score (nSPS) is 11.8. The first-order valence-electron chi connectivity index (χ1n) is 6.89. The molecule has 0 unspecified atom stereocenters. The molecule has 0 amide bonds. The maximum Gasteiger partial charge on any atom is 0.0746 e. The van der Waals surface area contributed by atoms with Crippen LogP contribution in [-0.4, -0.2) is 11.4 Å². The Morgan fingerprint density at radius 2 is 1.38 bits per heavy atom. The van der Waals surface area contributed by atoms with Crippen molar-refractivity contribution >= 4 is 38.5 Å². The summed E-state index contributed by atoms with van der Waals surface area (Å²) in [5, 5.41) is 19.2. The van der Waals surface area contributed by atoms with Crippen molar-refractivity contribution < 1.29 is 5.21 Å². The van der Waals surface area contributed by atoms with Gasteiger partial charge in [0.2, 0.25) is 0 Å². The minimum absolute atomic E-state index is 0.955. The van der Waals surface area contributed by atoms with Crippen LogP contribution in [0.1, 0.15) is 5.56 Å². The number of fused-ring (bicyclic) bond motifs is 4. The molecule has 0 fully saturated rings. The molecule has 4 rings (SSSR count). The third-order valence-corrected chi connectivity index (χ3v) is 4.00. The van der Waals surface area contributed by atoms with E-state index in [1.54, 1.807) is 0 Å². The molecule has 21 heavy (non-hydrogen) atoms. The van der Waals surface area contributed by atoms with E-state index < -0.39 is 0 Å². The van der Waals surface area contributed by atoms with E-state index in [4.69, 9.17) is 5.21 Å². The van der Waals surface area contributed by atoms with E-state index in [0.29, 0.717) is 0 Å². The first kappa shape index (κ1) is 11.9. The van der Waals surface area contributed by atoms with Crippen LogP contribution in [0.4, 0.5) is 0 Å². The maximum atomic E-state index is 9.02. The molecule has 4 aromatic rings. The Kier molecular flexibility index (Phi) is 2.61. The zero-order valence-corrected chi connectivity index (χ0v) is 11.3. The second kappa shape index (κ2) is 4.60. The van der Waals surface area contributed by atoms with Gasteiger partial charge in [0.15, 0.2) is 0 Å². The summed E-state index contributed by atoms with van der Waals surface area (Å²) in [5.74, 6) is 0. The first-order chi connectivity index (χ1) is 10.4. The highest BCUT2D eigenvalue weighted by Crippen LogP contribution is 2.32. The Labute approximate surface area is 121 Å². The lowest BCUT2D eigenvalue weighted by atomic mass is 9.94. The number of benzene rings is 4. The van der Waals surface area contributed by atoms with Gasteiger partial charge in [-0.05, 0) is 38.4 Å². The fraction of sp³-hybridized carbons (Fsp3) is 0. The van der Waals surface area contributed by atoms with Gasteiger partial charge >= 0.3 is 0 Å². The summed E-state index contributed by atoms with van der Waals surface area (Å²) >= 11 is 0. The average molecular weight is 271 g/mol. The van der Waals surface area contributed by atoms with Crippen molar-refractivity contribution in [3.8, 4) is 0 Å². The maximum absolute atomic E-state index is 9.02. The summed E-state index contributed by atoms with van der Waals surface area (Å²) in [5.41, 5.74) is 0.955. The van der Waals surface area contributed by atoms with E-state index >= 15 is 0 Å². The molecule has 0 heterocycles. The van der Waals surface area contributed by atoms with Gasteiger partial charge in [0, 0.05) is 5.56 Å². The average Bonchev–Trinajstić information content (AvgIpc) is 2.55. The SMILES string of the molecule is ON=Cc1c2ccccc2cc2c1ccc1ccccc12.